The predicted octanol–water partition coefficient (Wildman–Crippen LogP) is 3.60. The monoisotopic (exact) mass is 387 g/mol. The first-order valence-corrected chi connectivity index (χ1v) is 8.22. The predicted molar refractivity (Wildman–Crippen MR) is 99.0 cm³/mol. The summed E-state index contributed by atoms with van der Waals surface area (Å²) in [5.41, 5.74) is 4.75. The van der Waals surface area contributed by atoms with Gasteiger partial charge in [-0.1, -0.05) is 53.2 Å². The van der Waals surface area contributed by atoms with Gasteiger partial charge in [0.2, 0.25) is 0 Å². The van der Waals surface area contributed by atoms with Crippen LogP contribution in [0, 0.1) is 6.92 Å². The van der Waals surface area contributed by atoms with Crippen molar-refractivity contribution in [2.24, 2.45) is 5.10 Å². The SMILES string of the molecule is Cc1cc(Br)ccc1NC(=O)C(=O)N/N=C/C(C)c1ccccc1. The van der Waals surface area contributed by atoms with Gasteiger partial charge in [-0.15, -0.1) is 0 Å². The van der Waals surface area contributed by atoms with Crippen LogP contribution in [-0.2, 0) is 9.59 Å². The summed E-state index contributed by atoms with van der Waals surface area (Å²) in [6.07, 6.45) is 1.59. The fourth-order valence-electron chi connectivity index (χ4n) is 2.05. The zero-order valence-corrected chi connectivity index (χ0v) is 15.0. The van der Waals surface area contributed by atoms with Crippen molar-refractivity contribution in [2.75, 3.05) is 5.32 Å². The lowest BCUT2D eigenvalue weighted by Crippen LogP contribution is -2.32. The van der Waals surface area contributed by atoms with E-state index in [2.05, 4.69) is 31.8 Å². The molecule has 0 aliphatic heterocycles. The van der Waals surface area contributed by atoms with E-state index in [0.29, 0.717) is 5.69 Å². The Morgan fingerprint density at radius 1 is 1.12 bits per heavy atom. The molecule has 0 spiro atoms. The third-order valence-electron chi connectivity index (χ3n) is 3.43. The number of amides is 2. The lowest BCUT2D eigenvalue weighted by Gasteiger charge is -2.08. The Morgan fingerprint density at radius 2 is 1.83 bits per heavy atom. The van der Waals surface area contributed by atoms with Crippen LogP contribution in [0.15, 0.2) is 58.1 Å². The van der Waals surface area contributed by atoms with E-state index >= 15 is 0 Å². The van der Waals surface area contributed by atoms with Crippen LogP contribution in [0.1, 0.15) is 24.0 Å². The van der Waals surface area contributed by atoms with Crippen LogP contribution < -0.4 is 10.7 Å². The number of nitrogens with zero attached hydrogens (tertiary/aromatic N) is 1. The number of benzene rings is 2. The molecule has 0 saturated heterocycles. The quantitative estimate of drug-likeness (QED) is 0.477. The van der Waals surface area contributed by atoms with E-state index in [-0.39, 0.29) is 5.92 Å². The Labute approximate surface area is 149 Å². The van der Waals surface area contributed by atoms with E-state index in [1.807, 2.05) is 50.2 Å². The molecule has 2 rings (SSSR count). The Kier molecular flexibility index (Phi) is 6.26. The fourth-order valence-corrected chi connectivity index (χ4v) is 2.52. The van der Waals surface area contributed by atoms with Crippen LogP contribution in [-0.4, -0.2) is 18.0 Å². The van der Waals surface area contributed by atoms with Crippen LogP contribution in [0.5, 0.6) is 0 Å². The lowest BCUT2D eigenvalue weighted by molar-refractivity contribution is -0.136. The molecule has 24 heavy (non-hydrogen) atoms. The van der Waals surface area contributed by atoms with Gasteiger partial charge in [0.15, 0.2) is 0 Å². The molecular formula is C18H18BrN3O2. The highest BCUT2D eigenvalue weighted by molar-refractivity contribution is 9.10. The third-order valence-corrected chi connectivity index (χ3v) is 3.93. The maximum absolute atomic E-state index is 11.9. The van der Waals surface area contributed by atoms with Crippen molar-refractivity contribution >= 4 is 39.6 Å². The summed E-state index contributed by atoms with van der Waals surface area (Å²) in [6, 6.07) is 15.1. The van der Waals surface area contributed by atoms with Crippen LogP contribution in [0.3, 0.4) is 0 Å². The van der Waals surface area contributed by atoms with Crippen molar-refractivity contribution in [2.45, 2.75) is 19.8 Å². The number of hydrogen-bond donors (Lipinski definition) is 2. The zero-order chi connectivity index (χ0) is 17.5. The van der Waals surface area contributed by atoms with E-state index < -0.39 is 11.8 Å². The summed E-state index contributed by atoms with van der Waals surface area (Å²) < 4.78 is 0.905. The van der Waals surface area contributed by atoms with E-state index in [1.165, 1.54) is 0 Å². The Bertz CT molecular complexity index is 760. The molecule has 0 heterocycles. The zero-order valence-electron chi connectivity index (χ0n) is 13.4. The Hall–Kier alpha value is -2.47. The summed E-state index contributed by atoms with van der Waals surface area (Å²) in [4.78, 5) is 23.7. The van der Waals surface area contributed by atoms with E-state index in [4.69, 9.17) is 0 Å². The maximum atomic E-state index is 11.9. The van der Waals surface area contributed by atoms with Crippen LogP contribution >= 0.6 is 15.9 Å². The fraction of sp³-hybridized carbons (Fsp3) is 0.167. The first-order valence-electron chi connectivity index (χ1n) is 7.43. The first-order chi connectivity index (χ1) is 11.5. The molecule has 2 N–H and O–H groups in total. The Balaban J connectivity index is 1.90. The molecule has 0 aliphatic carbocycles. The molecule has 2 aromatic carbocycles. The van der Waals surface area contributed by atoms with Gasteiger partial charge in [-0.25, -0.2) is 5.43 Å². The molecule has 5 nitrogen and oxygen atoms in total. The summed E-state index contributed by atoms with van der Waals surface area (Å²) in [5.74, 6) is -1.54. The minimum atomic E-state index is -0.811. The first kappa shape index (κ1) is 17.9. The number of hydrogen-bond acceptors (Lipinski definition) is 3. The average molecular weight is 388 g/mol. The number of carbonyl (C=O) groups is 2. The number of rotatable bonds is 4. The van der Waals surface area contributed by atoms with Crippen molar-refractivity contribution in [3.05, 3.63) is 64.1 Å². The van der Waals surface area contributed by atoms with Crippen molar-refractivity contribution in [1.29, 1.82) is 0 Å². The minimum absolute atomic E-state index is 0.0308. The standard InChI is InChI=1S/C18H18BrN3O2/c1-12-10-15(19)8-9-16(12)21-17(23)18(24)22-20-11-13(2)14-6-4-3-5-7-14/h3-11,13H,1-2H3,(H,21,23)(H,22,24)/b20-11+. The van der Waals surface area contributed by atoms with Gasteiger partial charge in [0.1, 0.15) is 0 Å². The lowest BCUT2D eigenvalue weighted by atomic mass is 10.0. The summed E-state index contributed by atoms with van der Waals surface area (Å²) >= 11 is 3.35. The highest BCUT2D eigenvalue weighted by Crippen LogP contribution is 2.19. The van der Waals surface area contributed by atoms with Crippen LogP contribution in [0.2, 0.25) is 0 Å². The van der Waals surface area contributed by atoms with Gasteiger partial charge < -0.3 is 5.32 Å². The molecule has 0 fully saturated rings. The molecule has 0 aromatic heterocycles. The van der Waals surface area contributed by atoms with Crippen molar-refractivity contribution in [1.82, 2.24) is 5.43 Å². The smallest absolute Gasteiger partial charge is 0.317 e. The summed E-state index contributed by atoms with van der Waals surface area (Å²) in [5, 5.41) is 6.42. The van der Waals surface area contributed by atoms with Gasteiger partial charge in [0, 0.05) is 22.3 Å². The second-order valence-electron chi connectivity index (χ2n) is 5.33. The van der Waals surface area contributed by atoms with E-state index in [1.54, 1.807) is 18.3 Å². The normalized spacial score (nSPS) is 12.0. The van der Waals surface area contributed by atoms with Crippen molar-refractivity contribution in [3.63, 3.8) is 0 Å². The maximum Gasteiger partial charge on any atom is 0.329 e. The molecule has 1 atom stereocenters. The third kappa shape index (κ3) is 5.03. The number of anilines is 1. The van der Waals surface area contributed by atoms with E-state index in [9.17, 15) is 9.59 Å². The van der Waals surface area contributed by atoms with Crippen LogP contribution in [0.4, 0.5) is 5.69 Å². The number of aryl methyl sites for hydroxylation is 1. The number of carbonyl (C=O) groups excluding carboxylic acids is 2. The average Bonchev–Trinajstić information content (AvgIpc) is 2.57. The molecule has 2 aromatic rings. The molecule has 6 heteroatoms. The topological polar surface area (TPSA) is 70.6 Å². The van der Waals surface area contributed by atoms with Gasteiger partial charge in [-0.2, -0.15) is 5.10 Å². The van der Waals surface area contributed by atoms with Crippen LogP contribution in [0.25, 0.3) is 0 Å². The molecule has 1 unspecified atom stereocenters. The van der Waals surface area contributed by atoms with Gasteiger partial charge in [0.05, 0.1) is 0 Å². The molecule has 0 radical (unpaired) electrons. The highest BCUT2D eigenvalue weighted by Gasteiger charge is 2.14. The molecular weight excluding hydrogens is 370 g/mol. The van der Waals surface area contributed by atoms with Crippen molar-refractivity contribution in [3.8, 4) is 0 Å². The molecule has 2 amide bonds. The number of hydrazone groups is 1. The number of halogens is 1. The highest BCUT2D eigenvalue weighted by atomic mass is 79.9. The molecule has 0 saturated carbocycles. The minimum Gasteiger partial charge on any atom is -0.317 e. The van der Waals surface area contributed by atoms with E-state index in [0.717, 1.165) is 15.6 Å². The van der Waals surface area contributed by atoms with Gasteiger partial charge in [0.25, 0.3) is 0 Å². The van der Waals surface area contributed by atoms with Gasteiger partial charge in [-0.05, 0) is 36.2 Å². The second kappa shape index (κ2) is 8.40. The summed E-state index contributed by atoms with van der Waals surface area (Å²) in [6.45, 7) is 3.80. The van der Waals surface area contributed by atoms with Gasteiger partial charge in [-0.3, -0.25) is 9.59 Å². The van der Waals surface area contributed by atoms with Gasteiger partial charge >= 0.3 is 11.8 Å². The molecule has 0 bridgehead atoms. The molecule has 0 aliphatic rings. The summed E-state index contributed by atoms with van der Waals surface area (Å²) in [7, 11) is 0. The van der Waals surface area contributed by atoms with Crippen molar-refractivity contribution < 1.29 is 9.59 Å². The molecule has 124 valence electrons. The Morgan fingerprint density at radius 3 is 2.50 bits per heavy atom. The second-order valence-corrected chi connectivity index (χ2v) is 6.25. The largest absolute Gasteiger partial charge is 0.329 e. The number of nitrogens with one attached hydrogen (secondary N) is 2.